The van der Waals surface area contributed by atoms with Crippen LogP contribution in [0.3, 0.4) is 0 Å². The molecule has 2 heterocycles. The number of halogens is 1. The van der Waals surface area contributed by atoms with Crippen molar-refractivity contribution in [2.45, 2.75) is 52.6 Å². The molecule has 1 atom stereocenters. The average molecular weight is 337 g/mol. The second-order valence-corrected chi connectivity index (χ2v) is 6.76. The maximum Gasteiger partial charge on any atom is 0.119 e. The van der Waals surface area contributed by atoms with Crippen molar-refractivity contribution in [2.24, 2.45) is 5.92 Å². The van der Waals surface area contributed by atoms with Crippen LogP contribution >= 0.6 is 12.4 Å². The molecule has 0 fully saturated rings. The largest absolute Gasteiger partial charge is 0.497 e. The number of aryl methyl sites for hydroxylation is 1. The summed E-state index contributed by atoms with van der Waals surface area (Å²) >= 11 is 0. The van der Waals surface area contributed by atoms with Crippen molar-refractivity contribution in [3.05, 3.63) is 29.5 Å². The highest BCUT2D eigenvalue weighted by Gasteiger charge is 2.25. The van der Waals surface area contributed by atoms with Gasteiger partial charge >= 0.3 is 0 Å². The molecule has 23 heavy (non-hydrogen) atoms. The van der Waals surface area contributed by atoms with E-state index in [-0.39, 0.29) is 12.4 Å². The van der Waals surface area contributed by atoms with E-state index in [1.807, 2.05) is 0 Å². The number of nitrogens with zero attached hydrogens (tertiary/aromatic N) is 1. The van der Waals surface area contributed by atoms with E-state index in [0.29, 0.717) is 12.0 Å². The van der Waals surface area contributed by atoms with Crippen LogP contribution in [0.1, 0.15) is 50.9 Å². The molecule has 1 aliphatic rings. The number of methoxy groups -OCH3 is 1. The highest BCUT2D eigenvalue weighted by molar-refractivity contribution is 5.88. The van der Waals surface area contributed by atoms with E-state index in [2.05, 4.69) is 48.9 Å². The van der Waals surface area contributed by atoms with Crippen molar-refractivity contribution in [3.8, 4) is 5.75 Å². The van der Waals surface area contributed by atoms with Gasteiger partial charge < -0.3 is 14.6 Å². The van der Waals surface area contributed by atoms with Crippen LogP contribution in [0.15, 0.2) is 18.2 Å². The maximum absolute atomic E-state index is 5.46. The molecule has 128 valence electrons. The van der Waals surface area contributed by atoms with Crippen molar-refractivity contribution >= 4 is 23.3 Å². The molecule has 0 amide bonds. The number of rotatable bonds is 6. The molecule has 0 radical (unpaired) electrons. The lowest BCUT2D eigenvalue weighted by atomic mass is 9.98. The van der Waals surface area contributed by atoms with Gasteiger partial charge in [-0.3, -0.25) is 0 Å². The molecule has 0 unspecified atom stereocenters. The Morgan fingerprint density at radius 1 is 1.30 bits per heavy atom. The SMILES string of the molecule is CC[C@H](NCC(C)C)c1c2n(c3ccc(OC)cc13)CCC2.Cl. The van der Waals surface area contributed by atoms with E-state index in [4.69, 9.17) is 4.74 Å². The van der Waals surface area contributed by atoms with Gasteiger partial charge in [0.05, 0.1) is 7.11 Å². The van der Waals surface area contributed by atoms with E-state index in [0.717, 1.165) is 25.3 Å². The number of hydrogen-bond donors (Lipinski definition) is 1. The molecule has 0 bridgehead atoms. The first-order chi connectivity index (χ1) is 10.7. The van der Waals surface area contributed by atoms with Crippen LogP contribution in [0.2, 0.25) is 0 Å². The summed E-state index contributed by atoms with van der Waals surface area (Å²) in [4.78, 5) is 0. The van der Waals surface area contributed by atoms with Crippen molar-refractivity contribution in [1.82, 2.24) is 9.88 Å². The number of hydrogen-bond acceptors (Lipinski definition) is 2. The summed E-state index contributed by atoms with van der Waals surface area (Å²) in [6, 6.07) is 6.96. The summed E-state index contributed by atoms with van der Waals surface area (Å²) in [5, 5.41) is 5.15. The van der Waals surface area contributed by atoms with Crippen molar-refractivity contribution in [1.29, 1.82) is 0 Å². The van der Waals surface area contributed by atoms with E-state index in [1.54, 1.807) is 7.11 Å². The standard InChI is InChI=1S/C19H28N2O.ClH/c1-5-16(20-12-13(2)3)19-15-11-14(22-4)8-9-17(15)21-10-6-7-18(19)21;/h8-9,11,13,16,20H,5-7,10,12H2,1-4H3;1H/t16-;/m0./s1. The molecule has 2 aromatic rings. The molecule has 0 aliphatic carbocycles. The van der Waals surface area contributed by atoms with Gasteiger partial charge in [0, 0.05) is 29.2 Å². The van der Waals surface area contributed by atoms with Gasteiger partial charge in [0.1, 0.15) is 5.75 Å². The zero-order valence-corrected chi connectivity index (χ0v) is 15.5. The van der Waals surface area contributed by atoms with Crippen LogP contribution in [0.5, 0.6) is 5.75 Å². The number of ether oxygens (including phenoxy) is 1. The molecule has 1 aromatic heterocycles. The smallest absolute Gasteiger partial charge is 0.119 e. The minimum absolute atomic E-state index is 0. The van der Waals surface area contributed by atoms with Gasteiger partial charge in [-0.2, -0.15) is 0 Å². The summed E-state index contributed by atoms with van der Waals surface area (Å²) in [5.41, 5.74) is 4.41. The minimum atomic E-state index is 0. The lowest BCUT2D eigenvalue weighted by Gasteiger charge is -2.20. The Morgan fingerprint density at radius 2 is 2.09 bits per heavy atom. The summed E-state index contributed by atoms with van der Waals surface area (Å²) in [6.45, 7) is 9.03. The molecule has 4 heteroatoms. The topological polar surface area (TPSA) is 26.2 Å². The van der Waals surface area contributed by atoms with Crippen LogP contribution in [-0.2, 0) is 13.0 Å². The zero-order chi connectivity index (χ0) is 15.7. The first kappa shape index (κ1) is 18.2. The predicted octanol–water partition coefficient (Wildman–Crippen LogP) is 4.71. The van der Waals surface area contributed by atoms with Gasteiger partial charge in [-0.25, -0.2) is 0 Å². The van der Waals surface area contributed by atoms with E-state index < -0.39 is 0 Å². The molecule has 1 aromatic carbocycles. The number of fused-ring (bicyclic) bond motifs is 3. The molecule has 1 N–H and O–H groups in total. The highest BCUT2D eigenvalue weighted by atomic mass is 35.5. The lowest BCUT2D eigenvalue weighted by Crippen LogP contribution is -2.25. The zero-order valence-electron chi connectivity index (χ0n) is 14.7. The Hall–Kier alpha value is -1.19. The first-order valence-corrected chi connectivity index (χ1v) is 8.58. The molecular weight excluding hydrogens is 308 g/mol. The van der Waals surface area contributed by atoms with Gasteiger partial charge in [-0.15, -0.1) is 12.4 Å². The minimum Gasteiger partial charge on any atom is -0.497 e. The molecular formula is C19H29ClN2O. The van der Waals surface area contributed by atoms with Gasteiger partial charge in [-0.05, 0) is 55.5 Å². The summed E-state index contributed by atoms with van der Waals surface area (Å²) in [5.74, 6) is 1.63. The normalized spacial score (nSPS) is 14.8. The number of nitrogens with one attached hydrogen (secondary N) is 1. The van der Waals surface area contributed by atoms with Crippen LogP contribution < -0.4 is 10.1 Å². The predicted molar refractivity (Wildman–Crippen MR) is 99.9 cm³/mol. The fraction of sp³-hybridized carbons (Fsp3) is 0.579. The van der Waals surface area contributed by atoms with Gasteiger partial charge in [0.25, 0.3) is 0 Å². The van der Waals surface area contributed by atoms with Crippen LogP contribution in [0.25, 0.3) is 10.9 Å². The van der Waals surface area contributed by atoms with Crippen molar-refractivity contribution in [3.63, 3.8) is 0 Å². The third-order valence-corrected chi connectivity index (χ3v) is 4.75. The first-order valence-electron chi connectivity index (χ1n) is 8.58. The van der Waals surface area contributed by atoms with Crippen LogP contribution in [-0.4, -0.2) is 18.2 Å². The molecule has 0 saturated carbocycles. The quantitative estimate of drug-likeness (QED) is 0.826. The summed E-state index contributed by atoms with van der Waals surface area (Å²) < 4.78 is 7.98. The molecule has 3 nitrogen and oxygen atoms in total. The average Bonchev–Trinajstić information content (AvgIpc) is 3.09. The molecule has 0 saturated heterocycles. The number of aromatic nitrogens is 1. The third-order valence-electron chi connectivity index (χ3n) is 4.75. The monoisotopic (exact) mass is 336 g/mol. The second kappa shape index (κ2) is 7.59. The Labute approximate surface area is 145 Å². The van der Waals surface area contributed by atoms with E-state index in [9.17, 15) is 0 Å². The summed E-state index contributed by atoms with van der Waals surface area (Å²) in [7, 11) is 1.75. The Morgan fingerprint density at radius 3 is 2.74 bits per heavy atom. The Kier molecular flexibility index (Phi) is 5.99. The molecule has 0 spiro atoms. The second-order valence-electron chi connectivity index (χ2n) is 6.76. The van der Waals surface area contributed by atoms with E-state index in [1.165, 1.54) is 35.0 Å². The number of benzene rings is 1. The van der Waals surface area contributed by atoms with Gasteiger partial charge in [-0.1, -0.05) is 20.8 Å². The molecule has 1 aliphatic heterocycles. The molecule has 3 rings (SSSR count). The Balaban J connectivity index is 0.00000192. The third kappa shape index (κ3) is 3.36. The van der Waals surface area contributed by atoms with Crippen LogP contribution in [0, 0.1) is 5.92 Å². The van der Waals surface area contributed by atoms with Gasteiger partial charge in [0.2, 0.25) is 0 Å². The van der Waals surface area contributed by atoms with Crippen molar-refractivity contribution < 1.29 is 4.74 Å². The highest BCUT2D eigenvalue weighted by Crippen LogP contribution is 2.38. The maximum atomic E-state index is 5.46. The Bertz CT molecular complexity index is 663. The van der Waals surface area contributed by atoms with Crippen molar-refractivity contribution in [2.75, 3.05) is 13.7 Å². The van der Waals surface area contributed by atoms with Gasteiger partial charge in [0.15, 0.2) is 0 Å². The fourth-order valence-electron chi connectivity index (χ4n) is 3.69. The fourth-order valence-corrected chi connectivity index (χ4v) is 3.69. The summed E-state index contributed by atoms with van der Waals surface area (Å²) in [6.07, 6.45) is 3.59. The lowest BCUT2D eigenvalue weighted by molar-refractivity contribution is 0.415. The van der Waals surface area contributed by atoms with Crippen LogP contribution in [0.4, 0.5) is 0 Å². The van der Waals surface area contributed by atoms with E-state index >= 15 is 0 Å².